The summed E-state index contributed by atoms with van der Waals surface area (Å²) in [5.74, 6) is 0. The van der Waals surface area contributed by atoms with Gasteiger partial charge in [0, 0.05) is 6.42 Å². The first-order valence-electron chi connectivity index (χ1n) is 5.85. The summed E-state index contributed by atoms with van der Waals surface area (Å²) in [6, 6.07) is 0. The van der Waals surface area contributed by atoms with Crippen LogP contribution in [0.3, 0.4) is 0 Å². The van der Waals surface area contributed by atoms with Gasteiger partial charge in [-0.05, 0) is 6.42 Å². The van der Waals surface area contributed by atoms with E-state index in [9.17, 15) is 4.79 Å². The molecule has 0 fully saturated rings. The Kier molecular flexibility index (Phi) is 28.1. The Balaban J connectivity index is -0.000000720. The zero-order valence-electron chi connectivity index (χ0n) is 9.76. The minimum absolute atomic E-state index is 0. The number of hydrogen-bond donors (Lipinski definition) is 1. The number of aldehydes is 1. The van der Waals surface area contributed by atoms with Gasteiger partial charge in [-0.25, -0.2) is 0 Å². The van der Waals surface area contributed by atoms with Crippen LogP contribution in [0.1, 0.15) is 71.1 Å². The van der Waals surface area contributed by atoms with E-state index in [-0.39, 0.29) is 35.7 Å². The van der Waals surface area contributed by atoms with E-state index in [1.807, 2.05) is 0 Å². The molecular formula is C12H28NNaO. The zero-order valence-corrected chi connectivity index (χ0v) is 9.76. The fourth-order valence-corrected chi connectivity index (χ4v) is 1.54. The van der Waals surface area contributed by atoms with Crippen LogP contribution in [0.15, 0.2) is 0 Å². The van der Waals surface area contributed by atoms with Crippen molar-refractivity contribution in [2.24, 2.45) is 0 Å². The van der Waals surface area contributed by atoms with E-state index < -0.39 is 0 Å². The molecular weight excluding hydrogens is 197 g/mol. The molecule has 0 aliphatic carbocycles. The third-order valence-electron chi connectivity index (χ3n) is 2.43. The van der Waals surface area contributed by atoms with Gasteiger partial charge in [-0.15, -0.1) is 0 Å². The van der Waals surface area contributed by atoms with E-state index in [1.54, 1.807) is 0 Å². The molecule has 2 nitrogen and oxygen atoms in total. The second-order valence-electron chi connectivity index (χ2n) is 3.78. The molecule has 0 aromatic rings. The first-order chi connectivity index (χ1) is 6.41. The minimum atomic E-state index is 0. The molecule has 0 aliphatic heterocycles. The molecule has 88 valence electrons. The molecule has 0 aromatic heterocycles. The Morgan fingerprint density at radius 1 is 0.800 bits per heavy atom. The summed E-state index contributed by atoms with van der Waals surface area (Å²) in [6.07, 6.45) is 13.7. The summed E-state index contributed by atoms with van der Waals surface area (Å²) in [6.45, 7) is 2.25. The van der Waals surface area contributed by atoms with E-state index in [4.69, 9.17) is 0 Å². The van der Waals surface area contributed by atoms with Crippen LogP contribution in [-0.2, 0) is 4.79 Å². The molecule has 0 saturated heterocycles. The Labute approximate surface area is 117 Å². The average Bonchev–Trinajstić information content (AvgIpc) is 2.16. The van der Waals surface area contributed by atoms with Crippen molar-refractivity contribution < 1.29 is 4.79 Å². The third kappa shape index (κ3) is 20.7. The van der Waals surface area contributed by atoms with Crippen LogP contribution in [0.5, 0.6) is 0 Å². The van der Waals surface area contributed by atoms with Gasteiger partial charge in [0.1, 0.15) is 6.29 Å². The summed E-state index contributed by atoms with van der Waals surface area (Å²) in [5, 5.41) is 0. The predicted octanol–water partition coefficient (Wildman–Crippen LogP) is 3.62. The van der Waals surface area contributed by atoms with Crippen LogP contribution < -0.4 is 6.15 Å². The number of hydrogen-bond acceptors (Lipinski definition) is 2. The summed E-state index contributed by atoms with van der Waals surface area (Å²) in [7, 11) is 0. The summed E-state index contributed by atoms with van der Waals surface area (Å²) in [4.78, 5) is 10.0. The molecule has 15 heavy (non-hydrogen) atoms. The van der Waals surface area contributed by atoms with E-state index in [1.165, 1.54) is 51.4 Å². The fraction of sp³-hybridized carbons (Fsp3) is 0.917. The van der Waals surface area contributed by atoms with Gasteiger partial charge in [-0.3, -0.25) is 0 Å². The molecule has 0 saturated carbocycles. The molecule has 0 rings (SSSR count). The van der Waals surface area contributed by atoms with Crippen molar-refractivity contribution in [3.8, 4) is 0 Å². The van der Waals surface area contributed by atoms with Gasteiger partial charge in [0.25, 0.3) is 0 Å². The molecule has 0 radical (unpaired) electrons. The van der Waals surface area contributed by atoms with Crippen LogP contribution >= 0.6 is 0 Å². The predicted molar refractivity (Wildman–Crippen MR) is 70.1 cm³/mol. The van der Waals surface area contributed by atoms with Gasteiger partial charge in [-0.1, -0.05) is 58.3 Å². The SMILES string of the molecule is CCCCCCCCCCCC=O.N.[NaH]. The van der Waals surface area contributed by atoms with Crippen LogP contribution in [0.25, 0.3) is 0 Å². The van der Waals surface area contributed by atoms with Crippen molar-refractivity contribution in [1.82, 2.24) is 6.15 Å². The van der Waals surface area contributed by atoms with Crippen molar-refractivity contribution in [2.75, 3.05) is 0 Å². The number of carbonyl (C=O) groups is 1. The summed E-state index contributed by atoms with van der Waals surface area (Å²) >= 11 is 0. The topological polar surface area (TPSA) is 52.1 Å². The van der Waals surface area contributed by atoms with Crippen LogP contribution in [0.2, 0.25) is 0 Å². The van der Waals surface area contributed by atoms with Gasteiger partial charge >= 0.3 is 29.6 Å². The van der Waals surface area contributed by atoms with Gasteiger partial charge in [0.2, 0.25) is 0 Å². The maximum atomic E-state index is 10.0. The molecule has 3 heteroatoms. The molecule has 0 heterocycles. The second kappa shape index (κ2) is 20.1. The molecule has 0 bridgehead atoms. The maximum absolute atomic E-state index is 10.0. The Hall–Kier alpha value is 0.630. The number of carbonyl (C=O) groups excluding carboxylic acids is 1. The van der Waals surface area contributed by atoms with Gasteiger partial charge < -0.3 is 10.9 Å². The molecule has 0 aromatic carbocycles. The van der Waals surface area contributed by atoms with Gasteiger partial charge in [-0.2, -0.15) is 0 Å². The van der Waals surface area contributed by atoms with Crippen molar-refractivity contribution in [1.29, 1.82) is 0 Å². The second-order valence-corrected chi connectivity index (χ2v) is 3.78. The van der Waals surface area contributed by atoms with Crippen LogP contribution in [0.4, 0.5) is 0 Å². The zero-order chi connectivity index (χ0) is 9.78. The summed E-state index contributed by atoms with van der Waals surface area (Å²) in [5.41, 5.74) is 0. The first kappa shape index (κ1) is 21.0. The Morgan fingerprint density at radius 3 is 1.60 bits per heavy atom. The molecule has 3 N–H and O–H groups in total. The molecule has 0 spiro atoms. The van der Waals surface area contributed by atoms with Gasteiger partial charge in [0.05, 0.1) is 0 Å². The Bertz CT molecular complexity index is 110. The fourth-order valence-electron chi connectivity index (χ4n) is 1.54. The molecule has 0 unspecified atom stereocenters. The molecule has 0 amide bonds. The van der Waals surface area contributed by atoms with E-state index in [0.29, 0.717) is 0 Å². The van der Waals surface area contributed by atoms with E-state index in [2.05, 4.69) is 6.92 Å². The third-order valence-corrected chi connectivity index (χ3v) is 2.43. The number of rotatable bonds is 10. The quantitative estimate of drug-likeness (QED) is 0.351. The molecule has 0 aliphatic rings. The monoisotopic (exact) mass is 225 g/mol. The van der Waals surface area contributed by atoms with Crippen molar-refractivity contribution in [2.45, 2.75) is 71.1 Å². The molecule has 0 atom stereocenters. The van der Waals surface area contributed by atoms with Crippen molar-refractivity contribution in [3.63, 3.8) is 0 Å². The van der Waals surface area contributed by atoms with Crippen molar-refractivity contribution >= 4 is 35.8 Å². The van der Waals surface area contributed by atoms with Crippen molar-refractivity contribution in [3.05, 3.63) is 0 Å². The van der Waals surface area contributed by atoms with Crippen LogP contribution in [0, 0.1) is 0 Å². The van der Waals surface area contributed by atoms with E-state index in [0.717, 1.165) is 19.1 Å². The van der Waals surface area contributed by atoms with E-state index >= 15 is 0 Å². The standard InChI is InChI=1S/C12H24O.H3N.Na.H/c1-2-3-4-5-6-7-8-9-10-11-12-13;;;/h12H,2-11H2,1H3;1H3;;. The first-order valence-corrected chi connectivity index (χ1v) is 5.85. The average molecular weight is 225 g/mol. The number of unbranched alkanes of at least 4 members (excludes halogenated alkanes) is 9. The van der Waals surface area contributed by atoms with Crippen LogP contribution in [-0.4, -0.2) is 35.8 Å². The Morgan fingerprint density at radius 2 is 1.20 bits per heavy atom. The normalized spacial score (nSPS) is 8.87. The van der Waals surface area contributed by atoms with Gasteiger partial charge in [0.15, 0.2) is 0 Å². The summed E-state index contributed by atoms with van der Waals surface area (Å²) < 4.78 is 0.